The lowest BCUT2D eigenvalue weighted by Gasteiger charge is -2.33. The monoisotopic (exact) mass is 292 g/mol. The topological polar surface area (TPSA) is 50.3 Å². The fourth-order valence-electron chi connectivity index (χ4n) is 2.79. The first kappa shape index (κ1) is 16.0. The Balaban J connectivity index is 2.13. The van der Waals surface area contributed by atoms with E-state index in [1.165, 1.54) is 12.8 Å². The second kappa shape index (κ2) is 8.17. The van der Waals surface area contributed by atoms with Crippen LogP contribution in [0.4, 0.5) is 11.6 Å². The number of aryl methyl sites for hydroxylation is 1. The first-order valence-electron chi connectivity index (χ1n) is 8.12. The molecule has 1 saturated heterocycles. The summed E-state index contributed by atoms with van der Waals surface area (Å²) in [7, 11) is 1.78. The number of rotatable bonds is 7. The Morgan fingerprint density at radius 1 is 1.38 bits per heavy atom. The van der Waals surface area contributed by atoms with Crippen LogP contribution in [0, 0.1) is 5.92 Å². The molecule has 0 aromatic carbocycles. The second-order valence-corrected chi connectivity index (χ2v) is 5.72. The van der Waals surface area contributed by atoms with Crippen LogP contribution >= 0.6 is 0 Å². The maximum atomic E-state index is 5.32. The number of nitrogens with zero attached hydrogens (tertiary/aromatic N) is 3. The highest BCUT2D eigenvalue weighted by Crippen LogP contribution is 2.23. The molecule has 1 unspecified atom stereocenters. The van der Waals surface area contributed by atoms with Crippen LogP contribution in [0.15, 0.2) is 6.07 Å². The molecule has 1 N–H and O–H groups in total. The molecule has 1 aliphatic rings. The molecule has 0 spiro atoms. The van der Waals surface area contributed by atoms with E-state index in [4.69, 9.17) is 9.72 Å². The number of piperidine rings is 1. The van der Waals surface area contributed by atoms with E-state index in [-0.39, 0.29) is 0 Å². The summed E-state index contributed by atoms with van der Waals surface area (Å²) < 4.78 is 5.32. The van der Waals surface area contributed by atoms with E-state index in [1.54, 1.807) is 7.11 Å². The molecule has 0 bridgehead atoms. The number of anilines is 2. The number of hydrogen-bond donors (Lipinski definition) is 1. The molecule has 0 aliphatic carbocycles. The lowest BCUT2D eigenvalue weighted by atomic mass is 9.99. The second-order valence-electron chi connectivity index (χ2n) is 5.72. The van der Waals surface area contributed by atoms with Crippen molar-refractivity contribution in [3.63, 3.8) is 0 Å². The highest BCUT2D eigenvalue weighted by molar-refractivity contribution is 5.49. The molecule has 0 saturated carbocycles. The van der Waals surface area contributed by atoms with Gasteiger partial charge in [-0.25, -0.2) is 9.97 Å². The third-order valence-corrected chi connectivity index (χ3v) is 3.88. The van der Waals surface area contributed by atoms with Crippen molar-refractivity contribution < 1.29 is 4.74 Å². The Morgan fingerprint density at radius 3 is 2.95 bits per heavy atom. The van der Waals surface area contributed by atoms with Crippen molar-refractivity contribution in [1.82, 2.24) is 9.97 Å². The molecule has 21 heavy (non-hydrogen) atoms. The Bertz CT molecular complexity index is 436. The van der Waals surface area contributed by atoms with Gasteiger partial charge in [0.05, 0.1) is 6.61 Å². The molecule has 2 heterocycles. The van der Waals surface area contributed by atoms with Crippen molar-refractivity contribution >= 4 is 11.6 Å². The van der Waals surface area contributed by atoms with Crippen LogP contribution in [0.2, 0.25) is 0 Å². The average Bonchev–Trinajstić information content (AvgIpc) is 2.53. The molecule has 0 radical (unpaired) electrons. The first-order chi connectivity index (χ1) is 10.3. The molecular formula is C16H28N4O. The van der Waals surface area contributed by atoms with Gasteiger partial charge in [-0.2, -0.15) is 0 Å². The van der Waals surface area contributed by atoms with Crippen molar-refractivity contribution in [2.24, 2.45) is 5.92 Å². The van der Waals surface area contributed by atoms with E-state index < -0.39 is 0 Å². The molecule has 118 valence electrons. The molecule has 1 fully saturated rings. The Labute approximate surface area is 128 Å². The van der Waals surface area contributed by atoms with Crippen molar-refractivity contribution in [3.8, 4) is 0 Å². The fourth-order valence-corrected chi connectivity index (χ4v) is 2.79. The third-order valence-electron chi connectivity index (χ3n) is 3.88. The summed E-state index contributed by atoms with van der Waals surface area (Å²) in [4.78, 5) is 11.7. The van der Waals surface area contributed by atoms with Crippen LogP contribution in [0.3, 0.4) is 0 Å². The molecule has 5 nitrogen and oxygen atoms in total. The van der Waals surface area contributed by atoms with Gasteiger partial charge >= 0.3 is 0 Å². The van der Waals surface area contributed by atoms with Crippen LogP contribution in [0.5, 0.6) is 0 Å². The van der Waals surface area contributed by atoms with E-state index >= 15 is 0 Å². The molecule has 1 aromatic heterocycles. The summed E-state index contributed by atoms with van der Waals surface area (Å²) in [6.45, 7) is 8.16. The van der Waals surface area contributed by atoms with Crippen LogP contribution in [0.1, 0.15) is 38.9 Å². The maximum absolute atomic E-state index is 5.32. The highest BCUT2D eigenvalue weighted by atomic mass is 16.5. The largest absolute Gasteiger partial charge is 0.384 e. The van der Waals surface area contributed by atoms with Gasteiger partial charge in [0.25, 0.3) is 0 Å². The number of nitrogens with one attached hydrogen (secondary N) is 1. The predicted molar refractivity (Wildman–Crippen MR) is 87.0 cm³/mol. The molecule has 1 aliphatic heterocycles. The summed E-state index contributed by atoms with van der Waals surface area (Å²) in [5.41, 5.74) is 0. The minimum atomic E-state index is 0.607. The Hall–Kier alpha value is -1.36. The molecular weight excluding hydrogens is 264 g/mol. The van der Waals surface area contributed by atoms with Gasteiger partial charge in [-0.3, -0.25) is 0 Å². The molecule has 1 aromatic rings. The van der Waals surface area contributed by atoms with Crippen LogP contribution < -0.4 is 10.2 Å². The van der Waals surface area contributed by atoms with E-state index in [0.29, 0.717) is 5.92 Å². The van der Waals surface area contributed by atoms with Gasteiger partial charge in [-0.05, 0) is 25.2 Å². The van der Waals surface area contributed by atoms with E-state index in [9.17, 15) is 0 Å². The fraction of sp³-hybridized carbons (Fsp3) is 0.750. The number of hydrogen-bond acceptors (Lipinski definition) is 5. The number of ether oxygens (including phenoxy) is 1. The van der Waals surface area contributed by atoms with E-state index in [0.717, 1.165) is 56.5 Å². The molecule has 1 atom stereocenters. The predicted octanol–water partition coefficient (Wildman–Crippen LogP) is 2.72. The van der Waals surface area contributed by atoms with Gasteiger partial charge in [0.15, 0.2) is 0 Å². The van der Waals surface area contributed by atoms with Crippen LogP contribution in [-0.2, 0) is 11.2 Å². The van der Waals surface area contributed by atoms with E-state index in [2.05, 4.69) is 35.1 Å². The number of aromatic nitrogens is 2. The zero-order valence-corrected chi connectivity index (χ0v) is 13.6. The van der Waals surface area contributed by atoms with Gasteiger partial charge in [-0.1, -0.05) is 13.8 Å². The lowest BCUT2D eigenvalue weighted by molar-refractivity contribution is 0.143. The van der Waals surface area contributed by atoms with E-state index in [1.807, 2.05) is 0 Å². The van der Waals surface area contributed by atoms with Gasteiger partial charge in [-0.15, -0.1) is 0 Å². The van der Waals surface area contributed by atoms with Gasteiger partial charge in [0.1, 0.15) is 17.5 Å². The van der Waals surface area contributed by atoms with Crippen molar-refractivity contribution in [1.29, 1.82) is 0 Å². The van der Waals surface area contributed by atoms with Crippen molar-refractivity contribution in [2.75, 3.05) is 43.6 Å². The SMILES string of the molecule is CCCNc1cc(N2CCCC(COC)C2)nc(CC)n1. The van der Waals surface area contributed by atoms with Crippen LogP contribution in [-0.4, -0.2) is 43.3 Å². The molecule has 0 amide bonds. The Kier molecular flexibility index (Phi) is 6.23. The van der Waals surface area contributed by atoms with Gasteiger partial charge < -0.3 is 15.0 Å². The average molecular weight is 292 g/mol. The third kappa shape index (κ3) is 4.56. The minimum absolute atomic E-state index is 0.607. The zero-order valence-electron chi connectivity index (χ0n) is 13.6. The quantitative estimate of drug-likeness (QED) is 0.837. The summed E-state index contributed by atoms with van der Waals surface area (Å²) in [5, 5.41) is 3.38. The zero-order chi connectivity index (χ0) is 15.1. The summed E-state index contributed by atoms with van der Waals surface area (Å²) in [6.07, 6.45) is 4.42. The lowest BCUT2D eigenvalue weighted by Crippen LogP contribution is -2.37. The normalized spacial score (nSPS) is 18.8. The summed E-state index contributed by atoms with van der Waals surface area (Å²) in [6, 6.07) is 2.09. The van der Waals surface area contributed by atoms with Gasteiger partial charge in [0, 0.05) is 39.2 Å². The molecule has 5 heteroatoms. The minimum Gasteiger partial charge on any atom is -0.384 e. The number of methoxy groups -OCH3 is 1. The summed E-state index contributed by atoms with van der Waals surface area (Å²) in [5.74, 6) is 3.53. The van der Waals surface area contributed by atoms with Crippen molar-refractivity contribution in [3.05, 3.63) is 11.9 Å². The molecule has 2 rings (SSSR count). The van der Waals surface area contributed by atoms with Crippen molar-refractivity contribution in [2.45, 2.75) is 39.5 Å². The highest BCUT2D eigenvalue weighted by Gasteiger charge is 2.21. The Morgan fingerprint density at radius 2 is 2.24 bits per heavy atom. The smallest absolute Gasteiger partial charge is 0.134 e. The van der Waals surface area contributed by atoms with Gasteiger partial charge in [0.2, 0.25) is 0 Å². The summed E-state index contributed by atoms with van der Waals surface area (Å²) >= 11 is 0. The van der Waals surface area contributed by atoms with Crippen LogP contribution in [0.25, 0.3) is 0 Å². The standard InChI is InChI=1S/C16H28N4O/c1-4-8-17-15-10-16(19-14(5-2)18-15)20-9-6-7-13(11-20)12-21-3/h10,13H,4-9,11-12H2,1-3H3,(H,17,18,19). The maximum Gasteiger partial charge on any atom is 0.134 e. The first-order valence-corrected chi connectivity index (χ1v) is 8.12.